The van der Waals surface area contributed by atoms with E-state index in [0.717, 1.165) is 5.39 Å². The Morgan fingerprint density at radius 3 is 2.67 bits per heavy atom. The number of benzene rings is 2. The number of amides is 2. The van der Waals surface area contributed by atoms with Crippen LogP contribution in [0.1, 0.15) is 43.5 Å². The minimum Gasteiger partial charge on any atom is -0.480 e. The van der Waals surface area contributed by atoms with Gasteiger partial charge in [-0.25, -0.2) is 4.79 Å². The molecule has 1 aliphatic rings. The second-order valence-electron chi connectivity index (χ2n) is 9.34. The molecule has 0 radical (unpaired) electrons. The summed E-state index contributed by atoms with van der Waals surface area (Å²) in [6, 6.07) is 11.1. The monoisotopic (exact) mass is 585 g/mol. The number of aliphatic carboxylic acids is 1. The van der Waals surface area contributed by atoms with Crippen molar-refractivity contribution in [2.45, 2.75) is 32.5 Å². The van der Waals surface area contributed by atoms with Gasteiger partial charge in [0.25, 0.3) is 11.8 Å². The van der Waals surface area contributed by atoms with Crippen molar-refractivity contribution in [3.8, 4) is 0 Å². The van der Waals surface area contributed by atoms with Crippen molar-refractivity contribution in [1.82, 2.24) is 26.2 Å². The third-order valence-electron chi connectivity index (χ3n) is 6.54. The number of aryl methyl sites for hydroxylation is 1. The van der Waals surface area contributed by atoms with Gasteiger partial charge in [0.15, 0.2) is 5.76 Å². The summed E-state index contributed by atoms with van der Waals surface area (Å²) < 4.78 is 10.7. The predicted octanol–water partition coefficient (Wildman–Crippen LogP) is 3.71. The molecule has 0 fully saturated rings. The van der Waals surface area contributed by atoms with Crippen LogP contribution in [0.4, 0.5) is 0 Å². The zero-order chi connectivity index (χ0) is 28.4. The first-order valence-corrected chi connectivity index (χ1v) is 13.2. The van der Waals surface area contributed by atoms with Crippen LogP contribution in [0.5, 0.6) is 0 Å². The van der Waals surface area contributed by atoms with E-state index in [9.17, 15) is 19.5 Å². The number of carboxylic acids is 1. The Morgan fingerprint density at radius 1 is 1.15 bits per heavy atom. The molecule has 1 aliphatic heterocycles. The molecule has 4 N–H and O–H groups in total. The van der Waals surface area contributed by atoms with Crippen molar-refractivity contribution in [2.75, 3.05) is 13.1 Å². The number of carbonyl (C=O) groups is 3. The van der Waals surface area contributed by atoms with Gasteiger partial charge in [0, 0.05) is 31.1 Å². The number of carbonyl (C=O) groups excluding carboxylic acids is 2. The fourth-order valence-electron chi connectivity index (χ4n) is 4.54. The smallest absolute Gasteiger partial charge is 0.327 e. The van der Waals surface area contributed by atoms with E-state index in [1.807, 2.05) is 18.2 Å². The Kier molecular flexibility index (Phi) is 8.08. The molecule has 13 heteroatoms. The molecule has 2 aromatic carbocycles. The van der Waals surface area contributed by atoms with Gasteiger partial charge in [0.1, 0.15) is 17.4 Å². The Hall–Kier alpha value is -3.90. The summed E-state index contributed by atoms with van der Waals surface area (Å²) >= 11 is 13.1. The number of fused-ring (bicyclic) bond motifs is 2. The predicted molar refractivity (Wildman–Crippen MR) is 146 cm³/mol. The van der Waals surface area contributed by atoms with Crippen molar-refractivity contribution < 1.29 is 28.4 Å². The average molecular weight is 586 g/mol. The Bertz CT molecular complexity index is 1570. The standard InChI is InChI=1S/C27H25Cl2N5O6/c1-14-8-17(33-40-14)11-30-31-12-20(27(37)38)32-25(35)23-19(28)9-16-13-34(7-6-18(16)24(23)29)26(36)22-10-15-4-2-3-5-21(15)39-22/h2-5,8-10,20,30-31H,6-7,11-13H2,1H3,(H,32,35)(H,37,38)/t20-/m0/s1. The molecule has 2 aromatic heterocycles. The van der Waals surface area contributed by atoms with Gasteiger partial charge in [0.05, 0.1) is 27.8 Å². The third kappa shape index (κ3) is 5.82. The fraction of sp³-hybridized carbons (Fsp3) is 0.259. The third-order valence-corrected chi connectivity index (χ3v) is 7.25. The number of hydrogen-bond donors (Lipinski definition) is 4. The van der Waals surface area contributed by atoms with E-state index in [4.69, 9.17) is 32.1 Å². The molecule has 2 amide bonds. The number of carboxylic acid groups (broad SMARTS) is 1. The molecule has 0 saturated carbocycles. The topological polar surface area (TPSA) is 150 Å². The number of halogens is 2. The highest BCUT2D eigenvalue weighted by Gasteiger charge is 2.30. The largest absolute Gasteiger partial charge is 0.480 e. The van der Waals surface area contributed by atoms with E-state index in [-0.39, 0.29) is 46.9 Å². The lowest BCUT2D eigenvalue weighted by Crippen LogP contribution is -2.50. The normalized spacial score (nSPS) is 13.7. The number of hydrazine groups is 1. The molecular formula is C27H25Cl2N5O6. The molecular weight excluding hydrogens is 561 g/mol. The van der Waals surface area contributed by atoms with Crippen molar-refractivity contribution in [2.24, 2.45) is 0 Å². The molecule has 0 aliphatic carbocycles. The van der Waals surface area contributed by atoms with Gasteiger partial charge in [-0.05, 0) is 42.7 Å². The zero-order valence-corrected chi connectivity index (χ0v) is 22.8. The van der Waals surface area contributed by atoms with Crippen LogP contribution in [0.15, 0.2) is 51.4 Å². The molecule has 40 heavy (non-hydrogen) atoms. The number of nitrogens with zero attached hydrogens (tertiary/aromatic N) is 2. The quantitative estimate of drug-likeness (QED) is 0.170. The Morgan fingerprint density at radius 2 is 1.95 bits per heavy atom. The van der Waals surface area contributed by atoms with Gasteiger partial charge in [-0.15, -0.1) is 0 Å². The lowest BCUT2D eigenvalue weighted by atomic mass is 9.96. The molecule has 11 nitrogen and oxygen atoms in total. The van der Waals surface area contributed by atoms with Crippen molar-refractivity contribution in [3.05, 3.63) is 86.4 Å². The maximum Gasteiger partial charge on any atom is 0.327 e. The molecule has 208 valence electrons. The van der Waals surface area contributed by atoms with Crippen LogP contribution < -0.4 is 16.2 Å². The summed E-state index contributed by atoms with van der Waals surface area (Å²) in [5.41, 5.74) is 8.21. The lowest BCUT2D eigenvalue weighted by molar-refractivity contribution is -0.139. The maximum absolute atomic E-state index is 13.1. The van der Waals surface area contributed by atoms with Crippen LogP contribution >= 0.6 is 23.2 Å². The Labute approximate surface area is 238 Å². The van der Waals surface area contributed by atoms with Crippen LogP contribution in [0.2, 0.25) is 10.0 Å². The average Bonchev–Trinajstić information content (AvgIpc) is 3.55. The summed E-state index contributed by atoms with van der Waals surface area (Å²) in [5, 5.41) is 16.9. The second kappa shape index (κ2) is 11.7. The van der Waals surface area contributed by atoms with E-state index in [2.05, 4.69) is 21.3 Å². The second-order valence-corrected chi connectivity index (χ2v) is 10.1. The molecule has 0 saturated heterocycles. The first-order valence-electron chi connectivity index (χ1n) is 12.4. The number of rotatable bonds is 9. The highest BCUT2D eigenvalue weighted by molar-refractivity contribution is 6.40. The molecule has 3 heterocycles. The van der Waals surface area contributed by atoms with E-state index in [0.29, 0.717) is 41.1 Å². The lowest BCUT2D eigenvalue weighted by Gasteiger charge is -2.30. The molecule has 0 bridgehead atoms. The number of hydrogen-bond acceptors (Lipinski definition) is 8. The van der Waals surface area contributed by atoms with Gasteiger partial charge >= 0.3 is 5.97 Å². The maximum atomic E-state index is 13.1. The first kappa shape index (κ1) is 27.7. The molecule has 0 unspecified atom stereocenters. The zero-order valence-electron chi connectivity index (χ0n) is 21.3. The Balaban J connectivity index is 1.25. The summed E-state index contributed by atoms with van der Waals surface area (Å²) in [5.74, 6) is -1.35. The molecule has 0 spiro atoms. The number of nitrogens with one attached hydrogen (secondary N) is 3. The minimum absolute atomic E-state index is 0.0172. The van der Waals surface area contributed by atoms with E-state index in [1.54, 1.807) is 36.1 Å². The molecule has 4 aromatic rings. The number of para-hydroxylation sites is 1. The van der Waals surface area contributed by atoms with Gasteiger partial charge in [-0.2, -0.15) is 0 Å². The molecule has 5 rings (SSSR count). The van der Waals surface area contributed by atoms with Crippen LogP contribution in [0.3, 0.4) is 0 Å². The van der Waals surface area contributed by atoms with Crippen LogP contribution in [-0.4, -0.2) is 52.1 Å². The van der Waals surface area contributed by atoms with Crippen molar-refractivity contribution >= 4 is 52.0 Å². The van der Waals surface area contributed by atoms with Crippen molar-refractivity contribution in [1.29, 1.82) is 0 Å². The summed E-state index contributed by atoms with van der Waals surface area (Å²) in [7, 11) is 0. The first-order chi connectivity index (χ1) is 19.2. The highest BCUT2D eigenvalue weighted by atomic mass is 35.5. The summed E-state index contributed by atoms with van der Waals surface area (Å²) in [6.45, 7) is 2.50. The van der Waals surface area contributed by atoms with Gasteiger partial charge < -0.3 is 24.3 Å². The molecule has 1 atom stereocenters. The van der Waals surface area contributed by atoms with Crippen LogP contribution in [-0.2, 0) is 24.3 Å². The van der Waals surface area contributed by atoms with E-state index in [1.165, 1.54) is 0 Å². The number of furan rings is 1. The SMILES string of the molecule is Cc1cc(CNNC[C@H](NC(=O)c2c(Cl)cc3c(c2Cl)CCN(C(=O)c2cc4ccccc4o2)C3)C(=O)O)no1. The van der Waals surface area contributed by atoms with Gasteiger partial charge in [0.2, 0.25) is 0 Å². The van der Waals surface area contributed by atoms with E-state index < -0.39 is 17.9 Å². The highest BCUT2D eigenvalue weighted by Crippen LogP contribution is 2.35. The summed E-state index contributed by atoms with van der Waals surface area (Å²) in [4.78, 5) is 39.6. The van der Waals surface area contributed by atoms with Crippen LogP contribution in [0.25, 0.3) is 11.0 Å². The summed E-state index contributed by atoms with van der Waals surface area (Å²) in [6.07, 6.45) is 0.382. The fourth-order valence-corrected chi connectivity index (χ4v) is 5.30. The number of aromatic nitrogens is 1. The van der Waals surface area contributed by atoms with Gasteiger partial charge in [-0.3, -0.25) is 20.4 Å². The minimum atomic E-state index is -1.28. The van der Waals surface area contributed by atoms with Crippen LogP contribution in [0, 0.1) is 6.92 Å². The van der Waals surface area contributed by atoms with Gasteiger partial charge in [-0.1, -0.05) is 46.6 Å². The van der Waals surface area contributed by atoms with Crippen molar-refractivity contribution in [3.63, 3.8) is 0 Å². The van der Waals surface area contributed by atoms with E-state index >= 15 is 0 Å².